The van der Waals surface area contributed by atoms with Crippen molar-refractivity contribution in [2.75, 3.05) is 0 Å². The van der Waals surface area contributed by atoms with Crippen LogP contribution in [0.25, 0.3) is 0 Å². The van der Waals surface area contributed by atoms with E-state index in [-0.39, 0.29) is 30.3 Å². The first-order chi connectivity index (χ1) is 20.8. The molecule has 0 aliphatic heterocycles. The highest BCUT2D eigenvalue weighted by Gasteiger charge is 2.26. The molecule has 0 radical (unpaired) electrons. The van der Waals surface area contributed by atoms with Gasteiger partial charge in [0.05, 0.1) is 6.42 Å². The molecule has 1 rings (SSSR count). The third-order valence-corrected chi connectivity index (χ3v) is 8.03. The van der Waals surface area contributed by atoms with Gasteiger partial charge in [-0.3, -0.25) is 4.79 Å². The minimum absolute atomic E-state index is 0.107. The van der Waals surface area contributed by atoms with Crippen molar-refractivity contribution in [3.05, 3.63) is 131 Å². The minimum atomic E-state index is -0.285. The molecule has 1 aliphatic rings. The van der Waals surface area contributed by atoms with Crippen LogP contribution in [-0.2, 0) is 14.3 Å². The number of carbonyl (C=O) groups is 2. The van der Waals surface area contributed by atoms with Crippen LogP contribution in [0.2, 0.25) is 0 Å². The predicted octanol–water partition coefficient (Wildman–Crippen LogP) is 11.2. The summed E-state index contributed by atoms with van der Waals surface area (Å²) in [7, 11) is 0. The van der Waals surface area contributed by atoms with Gasteiger partial charge in [-0.2, -0.15) is 0 Å². The summed E-state index contributed by atoms with van der Waals surface area (Å²) >= 11 is 0. The van der Waals surface area contributed by atoms with E-state index in [1.165, 1.54) is 33.4 Å². The molecule has 0 bridgehead atoms. The quantitative estimate of drug-likeness (QED) is 0.101. The summed E-state index contributed by atoms with van der Waals surface area (Å²) < 4.78 is 5.58. The number of rotatable bonds is 16. The molecule has 3 nitrogen and oxygen atoms in total. The van der Waals surface area contributed by atoms with Crippen molar-refractivity contribution < 1.29 is 14.3 Å². The molecule has 44 heavy (non-hydrogen) atoms. The van der Waals surface area contributed by atoms with Crippen LogP contribution in [0.5, 0.6) is 0 Å². The summed E-state index contributed by atoms with van der Waals surface area (Å²) in [6, 6.07) is 0. The molecule has 2 atom stereocenters. The lowest BCUT2D eigenvalue weighted by Gasteiger charge is -2.29. The van der Waals surface area contributed by atoms with Crippen LogP contribution in [0, 0.1) is 11.3 Å². The fraction of sp³-hybridized carbons (Fsp3) is 0.415. The topological polar surface area (TPSA) is 43.4 Å². The van der Waals surface area contributed by atoms with E-state index in [1.807, 2.05) is 0 Å². The highest BCUT2D eigenvalue weighted by atomic mass is 16.5. The zero-order chi connectivity index (χ0) is 33.1. The Labute approximate surface area is 268 Å². The van der Waals surface area contributed by atoms with E-state index < -0.39 is 0 Å². The SMILES string of the molecule is C=C(/C=C/C(C)=C/C=C/C(C)=C/C=C/C=C(C)/C=C/C=C(C)/C=C/C1=C(C)CC(OC(=O)CCC=O)CC1C)C(C)(C)CC. The van der Waals surface area contributed by atoms with Crippen LogP contribution in [0.15, 0.2) is 131 Å². The van der Waals surface area contributed by atoms with Gasteiger partial charge in [0, 0.05) is 12.8 Å². The second-order valence-corrected chi connectivity index (χ2v) is 12.6. The van der Waals surface area contributed by atoms with E-state index in [0.29, 0.717) is 5.92 Å². The summed E-state index contributed by atoms with van der Waals surface area (Å²) in [4.78, 5) is 22.4. The molecule has 0 aromatic carbocycles. The molecular weight excluding hydrogens is 540 g/mol. The molecule has 0 aromatic heterocycles. The van der Waals surface area contributed by atoms with Gasteiger partial charge in [0.2, 0.25) is 0 Å². The van der Waals surface area contributed by atoms with Gasteiger partial charge in [-0.15, -0.1) is 0 Å². The molecule has 0 spiro atoms. The van der Waals surface area contributed by atoms with Gasteiger partial charge in [0.25, 0.3) is 0 Å². The van der Waals surface area contributed by atoms with Crippen LogP contribution in [0.3, 0.4) is 0 Å². The molecule has 0 fully saturated rings. The molecule has 0 saturated carbocycles. The Morgan fingerprint density at radius 2 is 1.39 bits per heavy atom. The number of hydrogen-bond donors (Lipinski definition) is 0. The van der Waals surface area contributed by atoms with Crippen LogP contribution in [-0.4, -0.2) is 18.4 Å². The van der Waals surface area contributed by atoms with Crippen molar-refractivity contribution in [3.8, 4) is 0 Å². The van der Waals surface area contributed by atoms with E-state index in [0.717, 1.165) is 31.1 Å². The third kappa shape index (κ3) is 15.7. The minimum Gasteiger partial charge on any atom is -0.462 e. The van der Waals surface area contributed by atoms with Crippen molar-refractivity contribution in [3.63, 3.8) is 0 Å². The lowest BCUT2D eigenvalue weighted by molar-refractivity contribution is -0.150. The summed E-state index contributed by atoms with van der Waals surface area (Å²) in [5.41, 5.74) is 8.56. The first kappa shape index (κ1) is 38.3. The van der Waals surface area contributed by atoms with Crippen LogP contribution >= 0.6 is 0 Å². The normalized spacial score (nSPS) is 19.8. The summed E-state index contributed by atoms with van der Waals surface area (Å²) in [5, 5.41) is 0. The number of carbonyl (C=O) groups excluding carboxylic acids is 2. The van der Waals surface area contributed by atoms with Crippen LogP contribution in [0.1, 0.15) is 94.4 Å². The Balaban J connectivity index is 2.65. The van der Waals surface area contributed by atoms with E-state index in [1.54, 1.807) is 0 Å². The highest BCUT2D eigenvalue weighted by molar-refractivity contribution is 5.72. The van der Waals surface area contributed by atoms with E-state index >= 15 is 0 Å². The van der Waals surface area contributed by atoms with Crippen molar-refractivity contribution >= 4 is 12.3 Å². The number of aldehydes is 1. The van der Waals surface area contributed by atoms with Crippen molar-refractivity contribution in [2.45, 2.75) is 101 Å². The lowest BCUT2D eigenvalue weighted by atomic mass is 9.82. The van der Waals surface area contributed by atoms with Gasteiger partial charge in [-0.25, -0.2) is 0 Å². The highest BCUT2D eigenvalue weighted by Crippen LogP contribution is 2.33. The fourth-order valence-electron chi connectivity index (χ4n) is 4.55. The molecule has 0 heterocycles. The molecule has 2 unspecified atom stereocenters. The number of hydrogen-bond acceptors (Lipinski definition) is 3. The molecular formula is C41H56O3. The molecule has 0 N–H and O–H groups in total. The first-order valence-electron chi connectivity index (χ1n) is 15.9. The Kier molecular flexibility index (Phi) is 17.7. The molecule has 0 aromatic rings. The second kappa shape index (κ2) is 20.3. The fourth-order valence-corrected chi connectivity index (χ4v) is 4.55. The van der Waals surface area contributed by atoms with Gasteiger partial charge in [0.1, 0.15) is 12.4 Å². The van der Waals surface area contributed by atoms with E-state index in [2.05, 4.69) is 154 Å². The molecule has 3 heteroatoms. The number of esters is 1. The second-order valence-electron chi connectivity index (χ2n) is 12.6. The van der Waals surface area contributed by atoms with Crippen LogP contribution < -0.4 is 0 Å². The maximum atomic E-state index is 11.9. The Bertz CT molecular complexity index is 1290. The maximum Gasteiger partial charge on any atom is 0.306 e. The number of allylic oxidation sites excluding steroid dienone is 20. The zero-order valence-corrected chi connectivity index (χ0v) is 28.8. The van der Waals surface area contributed by atoms with Gasteiger partial charge >= 0.3 is 5.97 Å². The smallest absolute Gasteiger partial charge is 0.306 e. The molecule has 1 aliphatic carbocycles. The average Bonchev–Trinajstić information content (AvgIpc) is 2.96. The Morgan fingerprint density at radius 1 is 0.864 bits per heavy atom. The zero-order valence-electron chi connectivity index (χ0n) is 28.8. The summed E-state index contributed by atoms with van der Waals surface area (Å²) in [6.45, 7) is 23.5. The largest absolute Gasteiger partial charge is 0.462 e. The third-order valence-electron chi connectivity index (χ3n) is 8.03. The lowest BCUT2D eigenvalue weighted by Crippen LogP contribution is -2.26. The number of ether oxygens (including phenoxy) is 1. The Morgan fingerprint density at radius 3 is 1.91 bits per heavy atom. The first-order valence-corrected chi connectivity index (χ1v) is 15.9. The van der Waals surface area contributed by atoms with Gasteiger partial charge in [0.15, 0.2) is 0 Å². The standard InChI is InChI=1S/C41H56O3/c1-11-41(9,10)37(8)26-24-33(4)21-14-19-31(2)17-12-13-18-32(3)20-15-22-34(5)25-27-39-35(6)29-38(30-36(39)7)44-40(43)23-16-28-42/h12-15,17-22,24-28,35,38H,8,11,16,23,29-30H2,1-7,9-10H3/b13-12+,19-14+,20-15+,26-24+,27-25+,31-17+,32-18+,33-21+,34-22+. The van der Waals surface area contributed by atoms with Gasteiger partial charge in [-0.1, -0.05) is 147 Å². The molecule has 238 valence electrons. The molecule has 0 saturated heterocycles. The summed E-state index contributed by atoms with van der Waals surface area (Å²) in [6.07, 6.45) is 33.2. The Hall–Kier alpha value is -3.72. The van der Waals surface area contributed by atoms with E-state index in [9.17, 15) is 9.59 Å². The summed E-state index contributed by atoms with van der Waals surface area (Å²) in [5.74, 6) is 0.0242. The van der Waals surface area contributed by atoms with Gasteiger partial charge < -0.3 is 9.53 Å². The van der Waals surface area contributed by atoms with Gasteiger partial charge in [-0.05, 0) is 69.9 Å². The maximum absolute atomic E-state index is 11.9. The average molecular weight is 597 g/mol. The van der Waals surface area contributed by atoms with Crippen molar-refractivity contribution in [2.24, 2.45) is 11.3 Å². The van der Waals surface area contributed by atoms with Crippen LogP contribution in [0.4, 0.5) is 0 Å². The predicted molar refractivity (Wildman–Crippen MR) is 190 cm³/mol. The van der Waals surface area contributed by atoms with Crippen molar-refractivity contribution in [1.82, 2.24) is 0 Å². The van der Waals surface area contributed by atoms with Crippen molar-refractivity contribution in [1.29, 1.82) is 0 Å². The monoisotopic (exact) mass is 596 g/mol. The molecule has 0 amide bonds. The van der Waals surface area contributed by atoms with E-state index in [4.69, 9.17) is 4.74 Å².